The van der Waals surface area contributed by atoms with Gasteiger partial charge in [-0.3, -0.25) is 0 Å². The summed E-state index contributed by atoms with van der Waals surface area (Å²) in [5, 5.41) is 8.50. The number of carbonyl (C=O) groups excluding carboxylic acids is 1. The Morgan fingerprint density at radius 1 is 1.47 bits per heavy atom. The largest absolute Gasteiger partial charge is 0.478 e. The van der Waals surface area contributed by atoms with Gasteiger partial charge < -0.3 is 9.84 Å². The Morgan fingerprint density at radius 3 is 2.65 bits per heavy atom. The fourth-order valence-electron chi connectivity index (χ4n) is 1.05. The minimum absolute atomic E-state index is 0.349. The number of hydrogen-bond acceptors (Lipinski definition) is 4. The summed E-state index contributed by atoms with van der Waals surface area (Å²) in [5.74, 6) is -1.10. The highest BCUT2D eigenvalue weighted by atomic mass is 16.6. The third-order valence-corrected chi connectivity index (χ3v) is 1.65. The highest BCUT2D eigenvalue weighted by Gasteiger charge is 2.18. The molecule has 1 aromatic rings. The second-order valence-electron chi connectivity index (χ2n) is 4.34. The summed E-state index contributed by atoms with van der Waals surface area (Å²) in [4.78, 5) is 25.8. The van der Waals surface area contributed by atoms with E-state index in [4.69, 9.17) is 9.84 Å². The summed E-state index contributed by atoms with van der Waals surface area (Å²) in [5.41, 5.74) is -0.267. The first-order valence-corrected chi connectivity index (χ1v) is 4.96. The van der Waals surface area contributed by atoms with E-state index < -0.39 is 17.7 Å². The number of rotatable bonds is 2. The molecule has 0 aromatic carbocycles. The van der Waals surface area contributed by atoms with Crippen molar-refractivity contribution in [2.45, 2.75) is 26.4 Å². The van der Waals surface area contributed by atoms with Gasteiger partial charge in [-0.15, -0.1) is 0 Å². The van der Waals surface area contributed by atoms with E-state index in [2.05, 4.69) is 4.98 Å². The van der Waals surface area contributed by atoms with Crippen LogP contribution in [0.3, 0.4) is 0 Å². The molecule has 1 rings (SSSR count). The first-order chi connectivity index (χ1) is 7.79. The lowest BCUT2D eigenvalue weighted by atomic mass is 10.2. The molecule has 0 saturated heterocycles. The van der Waals surface area contributed by atoms with Gasteiger partial charge in [-0.2, -0.15) is 0 Å². The summed E-state index contributed by atoms with van der Waals surface area (Å²) in [6.45, 7) is 5.23. The van der Waals surface area contributed by atoms with E-state index in [1.165, 1.54) is 18.6 Å². The molecule has 0 saturated carbocycles. The van der Waals surface area contributed by atoms with Crippen LogP contribution in [0.5, 0.6) is 0 Å². The highest BCUT2D eigenvalue weighted by molar-refractivity contribution is 5.86. The lowest BCUT2D eigenvalue weighted by Crippen LogP contribution is -2.27. The van der Waals surface area contributed by atoms with Crippen molar-refractivity contribution in [3.05, 3.63) is 24.3 Å². The second kappa shape index (κ2) is 4.82. The number of aromatic nitrogens is 2. The van der Waals surface area contributed by atoms with Crippen molar-refractivity contribution in [1.82, 2.24) is 9.55 Å². The molecule has 0 bridgehead atoms. The molecule has 0 radical (unpaired) electrons. The van der Waals surface area contributed by atoms with Gasteiger partial charge in [-0.05, 0) is 26.8 Å². The van der Waals surface area contributed by atoms with Gasteiger partial charge in [0, 0.05) is 6.08 Å². The van der Waals surface area contributed by atoms with Crippen LogP contribution in [-0.4, -0.2) is 32.3 Å². The van der Waals surface area contributed by atoms with Crippen LogP contribution in [0, 0.1) is 0 Å². The quantitative estimate of drug-likeness (QED) is 0.794. The number of carbonyl (C=O) groups is 2. The summed E-state index contributed by atoms with van der Waals surface area (Å²) in [6.07, 6.45) is 4.26. The van der Waals surface area contributed by atoms with Crippen LogP contribution in [0.25, 0.3) is 6.08 Å². The fourth-order valence-corrected chi connectivity index (χ4v) is 1.05. The molecule has 0 spiro atoms. The highest BCUT2D eigenvalue weighted by Crippen LogP contribution is 2.11. The van der Waals surface area contributed by atoms with E-state index in [0.717, 1.165) is 10.6 Å². The van der Waals surface area contributed by atoms with Crippen LogP contribution in [0.15, 0.2) is 18.6 Å². The number of aliphatic carboxylic acids is 1. The first kappa shape index (κ1) is 13.0. The maximum atomic E-state index is 11.7. The minimum atomic E-state index is -1.10. The molecule has 1 N–H and O–H groups in total. The molecular formula is C11H14N2O4. The van der Waals surface area contributed by atoms with E-state index in [0.29, 0.717) is 5.69 Å². The monoisotopic (exact) mass is 238 g/mol. The van der Waals surface area contributed by atoms with Crippen molar-refractivity contribution in [2.24, 2.45) is 0 Å². The molecule has 1 heterocycles. The van der Waals surface area contributed by atoms with Crippen molar-refractivity contribution in [3.8, 4) is 0 Å². The van der Waals surface area contributed by atoms with Gasteiger partial charge in [-0.25, -0.2) is 19.1 Å². The molecule has 0 aliphatic carbocycles. The van der Waals surface area contributed by atoms with Crippen molar-refractivity contribution in [3.63, 3.8) is 0 Å². The molecule has 0 unspecified atom stereocenters. The third-order valence-electron chi connectivity index (χ3n) is 1.65. The van der Waals surface area contributed by atoms with Crippen LogP contribution < -0.4 is 0 Å². The number of nitrogens with zero attached hydrogens (tertiary/aromatic N) is 2. The molecule has 0 aliphatic heterocycles. The predicted molar refractivity (Wildman–Crippen MR) is 60.5 cm³/mol. The van der Waals surface area contributed by atoms with Gasteiger partial charge in [0.05, 0.1) is 11.9 Å². The van der Waals surface area contributed by atoms with E-state index in [1.807, 2.05) is 0 Å². The Morgan fingerprint density at radius 2 is 2.12 bits per heavy atom. The lowest BCUT2D eigenvalue weighted by molar-refractivity contribution is -0.131. The van der Waals surface area contributed by atoms with E-state index in [1.54, 1.807) is 20.8 Å². The second-order valence-corrected chi connectivity index (χ2v) is 4.34. The first-order valence-electron chi connectivity index (χ1n) is 4.96. The molecule has 17 heavy (non-hydrogen) atoms. The smallest absolute Gasteiger partial charge is 0.420 e. The molecule has 0 atom stereocenters. The standard InChI is InChI=1S/C11H14N2O4/c1-11(2,3)17-10(16)13-7-12-6-8(13)4-5-9(14)15/h4-7H,1-3H3,(H,14,15). The van der Waals surface area contributed by atoms with Crippen LogP contribution >= 0.6 is 0 Å². The molecule has 6 heteroatoms. The zero-order valence-corrected chi connectivity index (χ0v) is 9.88. The summed E-state index contributed by atoms with van der Waals surface area (Å²) in [7, 11) is 0. The average Bonchev–Trinajstić information content (AvgIpc) is 2.59. The lowest BCUT2D eigenvalue weighted by Gasteiger charge is -2.19. The maximum absolute atomic E-state index is 11.7. The number of carboxylic acid groups (broad SMARTS) is 1. The minimum Gasteiger partial charge on any atom is -0.478 e. The molecular weight excluding hydrogens is 224 g/mol. The van der Waals surface area contributed by atoms with E-state index in [9.17, 15) is 9.59 Å². The summed E-state index contributed by atoms with van der Waals surface area (Å²) in [6, 6.07) is 0. The van der Waals surface area contributed by atoms with Gasteiger partial charge in [0.25, 0.3) is 0 Å². The molecule has 6 nitrogen and oxygen atoms in total. The molecule has 92 valence electrons. The normalized spacial score (nSPS) is 11.7. The Labute approximate surface area is 98.5 Å². The summed E-state index contributed by atoms with van der Waals surface area (Å²) < 4.78 is 6.28. The Bertz CT molecular complexity index is 454. The Kier molecular flexibility index (Phi) is 3.67. The van der Waals surface area contributed by atoms with Gasteiger partial charge in [-0.1, -0.05) is 0 Å². The predicted octanol–water partition coefficient (Wildman–Crippen LogP) is 1.76. The SMILES string of the molecule is CC(C)(C)OC(=O)n1cncc1C=CC(=O)O. The van der Waals surface area contributed by atoms with Crippen molar-refractivity contribution in [1.29, 1.82) is 0 Å². The van der Waals surface area contributed by atoms with Gasteiger partial charge in [0.1, 0.15) is 11.9 Å². The van der Waals surface area contributed by atoms with Crippen LogP contribution in [-0.2, 0) is 9.53 Å². The van der Waals surface area contributed by atoms with Gasteiger partial charge in [0.15, 0.2) is 0 Å². The van der Waals surface area contributed by atoms with Crippen molar-refractivity contribution < 1.29 is 19.4 Å². The number of carboxylic acids is 1. The molecule has 0 fully saturated rings. The van der Waals surface area contributed by atoms with Crippen molar-refractivity contribution in [2.75, 3.05) is 0 Å². The van der Waals surface area contributed by atoms with E-state index in [-0.39, 0.29) is 0 Å². The van der Waals surface area contributed by atoms with Crippen LogP contribution in [0.2, 0.25) is 0 Å². The van der Waals surface area contributed by atoms with Gasteiger partial charge in [0.2, 0.25) is 0 Å². The number of ether oxygens (including phenoxy) is 1. The number of imidazole rings is 1. The molecule has 1 aromatic heterocycles. The zero-order valence-electron chi connectivity index (χ0n) is 9.88. The zero-order chi connectivity index (χ0) is 13.1. The van der Waals surface area contributed by atoms with Gasteiger partial charge >= 0.3 is 12.1 Å². The third kappa shape index (κ3) is 4.10. The summed E-state index contributed by atoms with van der Waals surface area (Å²) >= 11 is 0. The molecule has 0 aliphatic rings. The fraction of sp³-hybridized carbons (Fsp3) is 0.364. The van der Waals surface area contributed by atoms with Crippen LogP contribution in [0.4, 0.5) is 4.79 Å². The van der Waals surface area contributed by atoms with E-state index >= 15 is 0 Å². The molecule has 0 amide bonds. The Balaban J connectivity index is 2.89. The topological polar surface area (TPSA) is 81.4 Å². The maximum Gasteiger partial charge on any atom is 0.420 e. The van der Waals surface area contributed by atoms with Crippen molar-refractivity contribution >= 4 is 18.1 Å². The van der Waals surface area contributed by atoms with Crippen LogP contribution in [0.1, 0.15) is 26.5 Å². The number of hydrogen-bond donors (Lipinski definition) is 1. The average molecular weight is 238 g/mol. The Hall–Kier alpha value is -2.11.